The molecule has 156 valence electrons. The number of hydrogen-bond donors (Lipinski definition) is 1. The molecule has 1 aromatic carbocycles. The molecule has 2 aromatic rings. The summed E-state index contributed by atoms with van der Waals surface area (Å²) in [7, 11) is -2.68. The molecule has 0 atom stereocenters. The van der Waals surface area contributed by atoms with Gasteiger partial charge in [-0.25, -0.2) is 4.79 Å². The lowest BCUT2D eigenvalue weighted by molar-refractivity contribution is 0.168. The van der Waals surface area contributed by atoms with Crippen molar-refractivity contribution in [2.24, 2.45) is 4.99 Å². The molecule has 2 heterocycles. The Hall–Kier alpha value is -3.16. The molecule has 1 aliphatic rings. The smallest absolute Gasteiger partial charge is 0.450 e. The van der Waals surface area contributed by atoms with E-state index in [9.17, 15) is 13.4 Å². The number of nitrogens with one attached hydrogen (secondary N) is 1. The van der Waals surface area contributed by atoms with Gasteiger partial charge in [-0.1, -0.05) is 12.1 Å². The Bertz CT molecular complexity index is 1070. The molecule has 3 rings (SSSR count). The molecule has 0 spiro atoms. The molecule has 0 bridgehead atoms. The van der Waals surface area contributed by atoms with Gasteiger partial charge in [-0.2, -0.15) is 0 Å². The molecular formula is C22H24BF2N3O2. The molecule has 1 aromatic heterocycles. The summed E-state index contributed by atoms with van der Waals surface area (Å²) in [5.41, 5.74) is 5.99. The number of aryl methyl sites for hydroxylation is 2. The van der Waals surface area contributed by atoms with Crippen LogP contribution in [0.1, 0.15) is 43.3 Å². The Balaban J connectivity index is 2.16. The first kappa shape index (κ1) is 21.6. The lowest BCUT2D eigenvalue weighted by atomic mass is 9.94. The van der Waals surface area contributed by atoms with Crippen LogP contribution in [0.5, 0.6) is 0 Å². The number of rotatable bonds is 5. The van der Waals surface area contributed by atoms with Crippen LogP contribution in [-0.2, 0) is 4.74 Å². The number of aliphatic imine (C=N–C) groups is 1. The fourth-order valence-electron chi connectivity index (χ4n) is 3.71. The van der Waals surface area contributed by atoms with Crippen molar-refractivity contribution in [1.29, 1.82) is 0 Å². The highest BCUT2D eigenvalue weighted by Crippen LogP contribution is 2.37. The molecule has 30 heavy (non-hydrogen) atoms. The lowest BCUT2D eigenvalue weighted by Crippen LogP contribution is -2.18. The zero-order valence-electron chi connectivity index (χ0n) is 17.7. The molecule has 5 nitrogen and oxygen atoms in total. The van der Waals surface area contributed by atoms with Crippen LogP contribution in [-0.4, -0.2) is 30.3 Å². The second-order valence-electron chi connectivity index (χ2n) is 7.19. The Morgan fingerprint density at radius 3 is 2.37 bits per heavy atom. The van der Waals surface area contributed by atoms with Gasteiger partial charge in [0, 0.05) is 28.4 Å². The Morgan fingerprint density at radius 2 is 1.83 bits per heavy atom. The van der Waals surface area contributed by atoms with Gasteiger partial charge in [0.15, 0.2) is 0 Å². The quantitative estimate of drug-likeness (QED) is 0.649. The summed E-state index contributed by atoms with van der Waals surface area (Å²) < 4.78 is 33.8. The van der Waals surface area contributed by atoms with Crippen molar-refractivity contribution in [2.75, 3.05) is 11.9 Å². The highest BCUT2D eigenvalue weighted by Gasteiger charge is 2.29. The minimum Gasteiger partial charge on any atom is -0.450 e. The van der Waals surface area contributed by atoms with E-state index >= 15 is 0 Å². The fraction of sp³-hybridized carbons (Fsp3) is 0.273. The third-order valence-corrected chi connectivity index (χ3v) is 4.87. The number of carbonyl (C=O) groups is 1. The van der Waals surface area contributed by atoms with Gasteiger partial charge in [-0.15, -0.1) is 0 Å². The highest BCUT2D eigenvalue weighted by atomic mass is 19.2. The minimum absolute atomic E-state index is 0.270. The van der Waals surface area contributed by atoms with E-state index in [4.69, 9.17) is 4.74 Å². The van der Waals surface area contributed by atoms with E-state index in [1.54, 1.807) is 44.2 Å². The minimum atomic E-state index is -2.68. The van der Waals surface area contributed by atoms with Crippen LogP contribution in [0.4, 0.5) is 19.1 Å². The van der Waals surface area contributed by atoms with Crippen LogP contribution in [0, 0.1) is 13.8 Å². The van der Waals surface area contributed by atoms with Gasteiger partial charge in [0.25, 0.3) is 0 Å². The van der Waals surface area contributed by atoms with Crippen molar-refractivity contribution in [1.82, 2.24) is 4.48 Å². The van der Waals surface area contributed by atoms with E-state index in [-0.39, 0.29) is 6.61 Å². The first-order chi connectivity index (χ1) is 14.2. The molecule has 1 N–H and O–H groups in total. The van der Waals surface area contributed by atoms with Crippen molar-refractivity contribution in [3.63, 3.8) is 0 Å². The van der Waals surface area contributed by atoms with Gasteiger partial charge in [0.2, 0.25) is 0 Å². The monoisotopic (exact) mass is 411 g/mol. The molecular weight excluding hydrogens is 387 g/mol. The van der Waals surface area contributed by atoms with Gasteiger partial charge < -0.3 is 9.21 Å². The summed E-state index contributed by atoms with van der Waals surface area (Å²) in [6.07, 6.45) is 1.39. The van der Waals surface area contributed by atoms with E-state index in [1.807, 2.05) is 26.8 Å². The lowest BCUT2D eigenvalue weighted by Gasteiger charge is -2.17. The number of hydrogen-bond acceptors (Lipinski definition) is 3. The maximum Gasteiger partial charge on any atom is 0.677 e. The third kappa shape index (κ3) is 4.22. The summed E-state index contributed by atoms with van der Waals surface area (Å²) in [4.78, 5) is 16.3. The van der Waals surface area contributed by atoms with Gasteiger partial charge in [0.1, 0.15) is 0 Å². The van der Waals surface area contributed by atoms with E-state index in [1.165, 1.54) is 0 Å². The normalized spacial score (nSPS) is 14.9. The van der Waals surface area contributed by atoms with Gasteiger partial charge in [-0.05, 0) is 75.6 Å². The molecule has 1 aliphatic heterocycles. The zero-order valence-corrected chi connectivity index (χ0v) is 17.7. The number of anilines is 1. The van der Waals surface area contributed by atoms with Crippen molar-refractivity contribution >= 4 is 30.5 Å². The second-order valence-corrected chi connectivity index (χ2v) is 7.19. The predicted octanol–water partition coefficient (Wildman–Crippen LogP) is 5.63. The summed E-state index contributed by atoms with van der Waals surface area (Å²) in [5.74, 6) is 0. The summed E-state index contributed by atoms with van der Waals surface area (Å²) in [6.45, 7) is 9.29. The number of ether oxygens (including phenoxy) is 1. The molecule has 0 aliphatic carbocycles. The number of benzene rings is 1. The SMILES string of the molecule is CCOC(=O)Nc1ccc(/C(=C2/N=C(C)C=C2C)c2c(C)cc(C)n2B(F)F)cc1. The van der Waals surface area contributed by atoms with Crippen molar-refractivity contribution in [2.45, 2.75) is 34.6 Å². The number of amides is 1. The average molecular weight is 411 g/mol. The largest absolute Gasteiger partial charge is 0.677 e. The molecule has 0 saturated carbocycles. The van der Waals surface area contributed by atoms with Crippen LogP contribution >= 0.6 is 0 Å². The topological polar surface area (TPSA) is 55.6 Å². The number of halogens is 2. The third-order valence-electron chi connectivity index (χ3n) is 4.87. The summed E-state index contributed by atoms with van der Waals surface area (Å²) in [5, 5.41) is 2.64. The van der Waals surface area contributed by atoms with Crippen LogP contribution in [0.2, 0.25) is 0 Å². The molecule has 0 radical (unpaired) electrons. The van der Waals surface area contributed by atoms with Crippen molar-refractivity contribution in [3.05, 3.63) is 70.2 Å². The number of allylic oxidation sites excluding steroid dienone is 2. The number of carbonyl (C=O) groups excluding carboxylic acids is 1. The zero-order chi connectivity index (χ0) is 22.0. The van der Waals surface area contributed by atoms with E-state index in [2.05, 4.69) is 10.3 Å². The molecule has 0 unspecified atom stereocenters. The Kier molecular flexibility index (Phi) is 6.24. The molecule has 8 heteroatoms. The van der Waals surface area contributed by atoms with E-state index < -0.39 is 13.5 Å². The first-order valence-electron chi connectivity index (χ1n) is 9.72. The number of aromatic nitrogens is 1. The molecule has 0 saturated heterocycles. The van der Waals surface area contributed by atoms with Gasteiger partial charge >= 0.3 is 13.5 Å². The van der Waals surface area contributed by atoms with E-state index in [0.29, 0.717) is 28.3 Å². The summed E-state index contributed by atoms with van der Waals surface area (Å²) >= 11 is 0. The Morgan fingerprint density at radius 1 is 1.17 bits per heavy atom. The first-order valence-corrected chi connectivity index (χ1v) is 9.72. The van der Waals surface area contributed by atoms with Crippen LogP contribution < -0.4 is 5.32 Å². The Labute approximate surface area is 175 Å². The maximum absolute atomic E-state index is 13.9. The standard InChI is InChI=1S/C22H24BF2N3O2/c1-6-30-22(29)27-18-9-7-17(8-10-18)19(20-13(2)11-15(4)26-20)21-14(3)12-16(5)28(21)23(24)25/h7-12H,6H2,1-5H3,(H,27,29)/b20-19-. The summed E-state index contributed by atoms with van der Waals surface area (Å²) in [6, 6.07) is 8.77. The average Bonchev–Trinajstić information content (AvgIpc) is 3.15. The molecule has 0 fully saturated rings. The molecule has 1 amide bonds. The highest BCUT2D eigenvalue weighted by molar-refractivity contribution is 6.41. The van der Waals surface area contributed by atoms with E-state index in [0.717, 1.165) is 26.9 Å². The van der Waals surface area contributed by atoms with Gasteiger partial charge in [0.05, 0.1) is 12.3 Å². The van der Waals surface area contributed by atoms with Crippen LogP contribution in [0.25, 0.3) is 5.57 Å². The number of nitrogens with zero attached hydrogens (tertiary/aromatic N) is 2. The van der Waals surface area contributed by atoms with Crippen molar-refractivity contribution in [3.8, 4) is 0 Å². The van der Waals surface area contributed by atoms with Crippen LogP contribution in [0.3, 0.4) is 0 Å². The maximum atomic E-state index is 13.9. The van der Waals surface area contributed by atoms with Crippen LogP contribution in [0.15, 0.2) is 52.7 Å². The van der Waals surface area contributed by atoms with Gasteiger partial charge in [-0.3, -0.25) is 18.9 Å². The van der Waals surface area contributed by atoms with Crippen molar-refractivity contribution < 1.29 is 18.2 Å². The second kappa shape index (κ2) is 8.69. The predicted molar refractivity (Wildman–Crippen MR) is 117 cm³/mol. The fourth-order valence-corrected chi connectivity index (χ4v) is 3.71.